The van der Waals surface area contributed by atoms with E-state index in [9.17, 15) is 20.0 Å². The first-order valence-electron chi connectivity index (χ1n) is 8.33. The van der Waals surface area contributed by atoms with Crippen LogP contribution in [0, 0.1) is 17.0 Å². The molecule has 0 saturated carbocycles. The Morgan fingerprint density at radius 3 is 2.64 bits per heavy atom. The number of aromatic hydroxyl groups is 1. The number of phenolic OH excluding ortho intramolecular Hbond substituents is 1. The van der Waals surface area contributed by atoms with Crippen molar-refractivity contribution in [2.45, 2.75) is 13.5 Å². The monoisotopic (exact) mass is 379 g/mol. The molecule has 1 heterocycles. The number of carbonyl (C=O) groups is 1. The number of para-hydroxylation sites is 1. The van der Waals surface area contributed by atoms with E-state index >= 15 is 0 Å². The maximum atomic E-state index is 12.1. The van der Waals surface area contributed by atoms with Gasteiger partial charge >= 0.3 is 5.82 Å². The lowest BCUT2D eigenvalue weighted by atomic mass is 10.1. The highest BCUT2D eigenvalue weighted by Gasteiger charge is 2.15. The van der Waals surface area contributed by atoms with Gasteiger partial charge in [0.15, 0.2) is 0 Å². The second-order valence-corrected chi connectivity index (χ2v) is 6.01. The first-order chi connectivity index (χ1) is 13.4. The van der Waals surface area contributed by atoms with Crippen molar-refractivity contribution in [2.75, 3.05) is 0 Å². The first kappa shape index (κ1) is 18.8. The van der Waals surface area contributed by atoms with Crippen LogP contribution in [0.15, 0.2) is 59.7 Å². The number of amides is 1. The van der Waals surface area contributed by atoms with Gasteiger partial charge in [0.05, 0.1) is 29.6 Å². The van der Waals surface area contributed by atoms with Crippen molar-refractivity contribution in [1.29, 1.82) is 0 Å². The Morgan fingerprint density at radius 2 is 2.00 bits per heavy atom. The van der Waals surface area contributed by atoms with E-state index in [1.165, 1.54) is 23.0 Å². The highest BCUT2D eigenvalue weighted by atomic mass is 16.6. The zero-order chi connectivity index (χ0) is 20.1. The molecule has 0 atom stereocenters. The number of aryl methyl sites for hydroxylation is 1. The molecule has 0 saturated heterocycles. The van der Waals surface area contributed by atoms with Gasteiger partial charge in [-0.3, -0.25) is 4.79 Å². The Morgan fingerprint density at radius 1 is 1.29 bits per heavy atom. The Kier molecular flexibility index (Phi) is 5.45. The number of phenols is 1. The number of hydrazone groups is 1. The van der Waals surface area contributed by atoms with Crippen LogP contribution in [0.1, 0.15) is 27.2 Å². The van der Waals surface area contributed by atoms with Gasteiger partial charge in [0, 0.05) is 11.1 Å². The number of rotatable bonds is 6. The Hall–Kier alpha value is -4.01. The molecule has 2 N–H and O–H groups in total. The van der Waals surface area contributed by atoms with Gasteiger partial charge in [-0.05, 0) is 41.7 Å². The molecular formula is C19H17N5O4. The summed E-state index contributed by atoms with van der Waals surface area (Å²) in [5.74, 6) is -0.529. The molecule has 0 aliphatic rings. The maximum Gasteiger partial charge on any atom is 0.390 e. The molecule has 9 heteroatoms. The molecule has 0 fully saturated rings. The fourth-order valence-electron chi connectivity index (χ4n) is 2.50. The van der Waals surface area contributed by atoms with Crippen molar-refractivity contribution >= 4 is 17.9 Å². The largest absolute Gasteiger partial charge is 0.507 e. The highest BCUT2D eigenvalue weighted by molar-refractivity contribution is 5.95. The second-order valence-electron chi connectivity index (χ2n) is 6.01. The predicted molar refractivity (Wildman–Crippen MR) is 102 cm³/mol. The van der Waals surface area contributed by atoms with Crippen molar-refractivity contribution in [3.8, 4) is 5.75 Å². The van der Waals surface area contributed by atoms with E-state index in [2.05, 4.69) is 15.6 Å². The molecule has 0 aliphatic carbocycles. The van der Waals surface area contributed by atoms with Crippen molar-refractivity contribution in [2.24, 2.45) is 5.10 Å². The highest BCUT2D eigenvalue weighted by Crippen LogP contribution is 2.14. The van der Waals surface area contributed by atoms with Crippen molar-refractivity contribution in [3.05, 3.63) is 87.1 Å². The summed E-state index contributed by atoms with van der Waals surface area (Å²) in [4.78, 5) is 22.4. The van der Waals surface area contributed by atoms with Crippen LogP contribution in [0.3, 0.4) is 0 Å². The van der Waals surface area contributed by atoms with Crippen molar-refractivity contribution in [3.63, 3.8) is 0 Å². The van der Waals surface area contributed by atoms with Crippen LogP contribution in [0.5, 0.6) is 5.75 Å². The minimum atomic E-state index is -0.535. The van der Waals surface area contributed by atoms with E-state index in [4.69, 9.17) is 0 Å². The second kappa shape index (κ2) is 8.12. The van der Waals surface area contributed by atoms with E-state index in [0.29, 0.717) is 23.4 Å². The van der Waals surface area contributed by atoms with Gasteiger partial charge in [-0.2, -0.15) is 9.78 Å². The summed E-state index contributed by atoms with van der Waals surface area (Å²) >= 11 is 0. The number of nitrogens with one attached hydrogen (secondary N) is 1. The van der Waals surface area contributed by atoms with Crippen LogP contribution in [0.4, 0.5) is 5.82 Å². The number of nitro groups is 1. The summed E-state index contributed by atoms with van der Waals surface area (Å²) in [5, 5.41) is 28.2. The molecule has 0 aliphatic heterocycles. The first-order valence-corrected chi connectivity index (χ1v) is 8.33. The fraction of sp³-hybridized carbons (Fsp3) is 0.105. The lowest BCUT2D eigenvalue weighted by molar-refractivity contribution is -0.389. The lowest BCUT2D eigenvalue weighted by Gasteiger charge is -2.03. The number of nitrogens with zero attached hydrogens (tertiary/aromatic N) is 4. The quantitative estimate of drug-likeness (QED) is 0.387. The Bertz CT molecular complexity index is 1040. The zero-order valence-corrected chi connectivity index (χ0v) is 14.9. The molecule has 0 unspecified atom stereocenters. The van der Waals surface area contributed by atoms with Crippen molar-refractivity contribution in [1.82, 2.24) is 15.2 Å². The van der Waals surface area contributed by atoms with E-state index in [1.807, 2.05) is 0 Å². The fourth-order valence-corrected chi connectivity index (χ4v) is 2.50. The number of benzene rings is 2. The van der Waals surface area contributed by atoms with Crippen LogP contribution >= 0.6 is 0 Å². The molecule has 28 heavy (non-hydrogen) atoms. The lowest BCUT2D eigenvalue weighted by Crippen LogP contribution is -2.17. The summed E-state index contributed by atoms with van der Waals surface area (Å²) in [6, 6.07) is 14.8. The molecule has 3 rings (SSSR count). The normalized spacial score (nSPS) is 10.9. The van der Waals surface area contributed by atoms with Crippen LogP contribution < -0.4 is 5.43 Å². The van der Waals surface area contributed by atoms with Crippen LogP contribution in [0.25, 0.3) is 0 Å². The topological polar surface area (TPSA) is 123 Å². The number of hydrogen-bond donors (Lipinski definition) is 2. The van der Waals surface area contributed by atoms with Gasteiger partial charge in [0.25, 0.3) is 5.91 Å². The third-order valence-corrected chi connectivity index (χ3v) is 4.01. The zero-order valence-electron chi connectivity index (χ0n) is 14.9. The summed E-state index contributed by atoms with van der Waals surface area (Å²) in [7, 11) is 0. The number of hydrogen-bond acceptors (Lipinski definition) is 6. The number of aromatic nitrogens is 2. The van der Waals surface area contributed by atoms with Gasteiger partial charge in [-0.15, -0.1) is 0 Å². The molecule has 9 nitrogen and oxygen atoms in total. The summed E-state index contributed by atoms with van der Waals surface area (Å²) in [5.41, 5.74) is 4.80. The van der Waals surface area contributed by atoms with E-state index in [-0.39, 0.29) is 11.6 Å². The average molecular weight is 379 g/mol. The molecule has 1 amide bonds. The smallest absolute Gasteiger partial charge is 0.390 e. The molecular weight excluding hydrogens is 362 g/mol. The van der Waals surface area contributed by atoms with E-state index < -0.39 is 10.8 Å². The minimum absolute atomic E-state index is 0.0685. The summed E-state index contributed by atoms with van der Waals surface area (Å²) in [6.45, 7) is 2.09. The molecule has 142 valence electrons. The van der Waals surface area contributed by atoms with Gasteiger partial charge in [-0.25, -0.2) is 5.43 Å². The third kappa shape index (κ3) is 4.39. The maximum absolute atomic E-state index is 12.1. The average Bonchev–Trinajstić information content (AvgIpc) is 3.04. The Labute approximate surface area is 160 Å². The summed E-state index contributed by atoms with van der Waals surface area (Å²) < 4.78 is 1.53. The molecule has 0 spiro atoms. The van der Waals surface area contributed by atoms with Crippen molar-refractivity contribution < 1.29 is 14.8 Å². The molecule has 2 aromatic carbocycles. The van der Waals surface area contributed by atoms with Gasteiger partial charge < -0.3 is 15.2 Å². The third-order valence-electron chi connectivity index (χ3n) is 4.01. The van der Waals surface area contributed by atoms with Crippen LogP contribution in [0.2, 0.25) is 0 Å². The standard InChI is InChI=1S/C19H17N5O4/c1-13-10-18(24(27)28)22-23(13)12-14-6-8-15(9-7-14)19(26)21-20-11-16-4-2-3-5-17(16)25/h2-11,25H,12H2,1H3,(H,21,26)/b20-11-. The summed E-state index contributed by atoms with van der Waals surface area (Å²) in [6.07, 6.45) is 1.36. The Balaban J connectivity index is 1.63. The molecule has 3 aromatic rings. The van der Waals surface area contributed by atoms with Gasteiger partial charge in [0.2, 0.25) is 0 Å². The van der Waals surface area contributed by atoms with Crippen LogP contribution in [-0.2, 0) is 6.54 Å². The number of carbonyl (C=O) groups excluding carboxylic acids is 1. The van der Waals surface area contributed by atoms with Crippen LogP contribution in [-0.4, -0.2) is 31.9 Å². The van der Waals surface area contributed by atoms with E-state index in [0.717, 1.165) is 5.56 Å². The predicted octanol–water partition coefficient (Wildman–Crippen LogP) is 2.62. The molecule has 0 radical (unpaired) electrons. The van der Waals surface area contributed by atoms with E-state index in [1.54, 1.807) is 49.4 Å². The van der Waals surface area contributed by atoms with Gasteiger partial charge in [0.1, 0.15) is 5.75 Å². The molecule has 1 aromatic heterocycles. The molecule has 0 bridgehead atoms. The van der Waals surface area contributed by atoms with Gasteiger partial charge in [-0.1, -0.05) is 24.3 Å². The SMILES string of the molecule is Cc1cc([N+](=O)[O-])nn1Cc1ccc(C(=O)N/N=C\c2ccccc2O)cc1. The minimum Gasteiger partial charge on any atom is -0.507 e.